The van der Waals surface area contributed by atoms with Crippen LogP contribution in [0.1, 0.15) is 10.6 Å². The highest BCUT2D eigenvalue weighted by atomic mass is 16.3. The monoisotopic (exact) mass is 335 g/mol. The van der Waals surface area contributed by atoms with Crippen molar-refractivity contribution in [3.8, 4) is 5.82 Å². The number of amides is 1. The maximum Gasteiger partial charge on any atom is 0.305 e. The molecule has 0 unspecified atom stereocenters. The molecule has 4 aromatic rings. The number of anilines is 2. The summed E-state index contributed by atoms with van der Waals surface area (Å²) in [6, 6.07) is 10.8. The third-order valence-corrected chi connectivity index (χ3v) is 3.58. The summed E-state index contributed by atoms with van der Waals surface area (Å²) in [5.74, 6) is 0.444. The van der Waals surface area contributed by atoms with E-state index in [0.29, 0.717) is 5.82 Å². The number of imidazole rings is 1. The summed E-state index contributed by atoms with van der Waals surface area (Å²) in [6.07, 6.45) is 4.40. The van der Waals surface area contributed by atoms with Crippen LogP contribution in [0, 0.1) is 0 Å². The van der Waals surface area contributed by atoms with Gasteiger partial charge in [-0.2, -0.15) is 0 Å². The molecule has 4 N–H and O–H groups in total. The van der Waals surface area contributed by atoms with E-state index in [4.69, 9.17) is 10.2 Å². The Balaban J connectivity index is 1.63. The fraction of sp³-hybridized carbons (Fsp3) is 0. The van der Waals surface area contributed by atoms with Crippen LogP contribution in [-0.4, -0.2) is 25.4 Å². The van der Waals surface area contributed by atoms with Crippen LogP contribution >= 0.6 is 0 Å². The maximum atomic E-state index is 11.9. The molecule has 0 saturated carbocycles. The van der Waals surface area contributed by atoms with Gasteiger partial charge in [-0.3, -0.25) is 20.2 Å². The van der Waals surface area contributed by atoms with Crippen molar-refractivity contribution in [3.63, 3.8) is 0 Å². The van der Waals surface area contributed by atoms with Gasteiger partial charge >= 0.3 is 5.91 Å². The number of hydrazine groups is 1. The van der Waals surface area contributed by atoms with Crippen molar-refractivity contribution in [2.24, 2.45) is 0 Å². The summed E-state index contributed by atoms with van der Waals surface area (Å²) < 4.78 is 6.77. The minimum atomic E-state index is -0.447. The Hall–Kier alpha value is -3.88. The van der Waals surface area contributed by atoms with Crippen molar-refractivity contribution in [1.29, 1.82) is 0 Å². The average molecular weight is 335 g/mol. The van der Waals surface area contributed by atoms with Crippen LogP contribution in [0.5, 0.6) is 0 Å². The number of nitrogens with one attached hydrogen (secondary N) is 2. The summed E-state index contributed by atoms with van der Waals surface area (Å²) in [4.78, 5) is 24.5. The molecule has 9 heteroatoms. The van der Waals surface area contributed by atoms with Crippen LogP contribution in [0.15, 0.2) is 59.7 Å². The number of rotatable bonds is 4. The Labute approximate surface area is 141 Å². The van der Waals surface area contributed by atoms with E-state index in [1.54, 1.807) is 23.0 Å². The van der Waals surface area contributed by atoms with Crippen LogP contribution in [0.25, 0.3) is 16.9 Å². The quantitative estimate of drug-likeness (QED) is 0.485. The number of hydrogen-bond donors (Lipinski definition) is 3. The van der Waals surface area contributed by atoms with Gasteiger partial charge < -0.3 is 10.2 Å². The van der Waals surface area contributed by atoms with Gasteiger partial charge in [-0.15, -0.1) is 0 Å². The van der Waals surface area contributed by atoms with E-state index in [0.717, 1.165) is 11.0 Å². The summed E-state index contributed by atoms with van der Waals surface area (Å²) in [5.41, 5.74) is 13.3. The highest BCUT2D eigenvalue weighted by Crippen LogP contribution is 2.24. The van der Waals surface area contributed by atoms with Crippen LogP contribution in [-0.2, 0) is 0 Å². The van der Waals surface area contributed by atoms with Crippen molar-refractivity contribution in [3.05, 3.63) is 61.1 Å². The third-order valence-electron chi connectivity index (χ3n) is 3.58. The number of furan rings is 1. The minimum Gasteiger partial charge on any atom is -0.459 e. The molecule has 1 amide bonds. The molecule has 0 spiro atoms. The average Bonchev–Trinajstić information content (AvgIpc) is 3.30. The van der Waals surface area contributed by atoms with Gasteiger partial charge in [-0.25, -0.2) is 15.0 Å². The molecule has 0 aliphatic heterocycles. The van der Waals surface area contributed by atoms with Crippen molar-refractivity contribution >= 4 is 28.4 Å². The molecule has 0 aliphatic carbocycles. The zero-order valence-corrected chi connectivity index (χ0v) is 12.9. The fourth-order valence-electron chi connectivity index (χ4n) is 2.39. The van der Waals surface area contributed by atoms with Crippen LogP contribution in [0.3, 0.4) is 0 Å². The number of carbonyl (C=O) groups is 1. The number of nitrogen functional groups attached to an aromatic ring is 1. The van der Waals surface area contributed by atoms with Gasteiger partial charge in [0.25, 0.3) is 0 Å². The zero-order valence-electron chi connectivity index (χ0n) is 12.9. The second-order valence-electron chi connectivity index (χ2n) is 5.12. The topological polar surface area (TPSA) is 124 Å². The standard InChI is InChI=1S/C16H13N7O2/c17-13-14(21-22-16(24)12-6-3-7-25-12)18-8-19-15(13)23-9-20-10-4-1-2-5-11(10)23/h1-9H,17H2,(H,22,24)(H,18,19,21). The molecule has 3 aromatic heterocycles. The van der Waals surface area contributed by atoms with Gasteiger partial charge in [0, 0.05) is 0 Å². The smallest absolute Gasteiger partial charge is 0.305 e. The van der Waals surface area contributed by atoms with Gasteiger partial charge in [0.05, 0.1) is 17.3 Å². The van der Waals surface area contributed by atoms with E-state index in [1.165, 1.54) is 12.6 Å². The first kappa shape index (κ1) is 14.7. The van der Waals surface area contributed by atoms with Gasteiger partial charge in [-0.05, 0) is 24.3 Å². The van der Waals surface area contributed by atoms with Crippen molar-refractivity contribution in [1.82, 2.24) is 24.9 Å². The first-order valence-corrected chi connectivity index (χ1v) is 7.37. The molecule has 124 valence electrons. The maximum absolute atomic E-state index is 11.9. The molecule has 0 atom stereocenters. The lowest BCUT2D eigenvalue weighted by Gasteiger charge is -2.12. The summed E-state index contributed by atoms with van der Waals surface area (Å²) in [6.45, 7) is 0. The Bertz CT molecular complexity index is 1040. The summed E-state index contributed by atoms with van der Waals surface area (Å²) in [7, 11) is 0. The predicted octanol–water partition coefficient (Wildman–Crippen LogP) is 1.75. The van der Waals surface area contributed by atoms with Crippen LogP contribution in [0.4, 0.5) is 11.5 Å². The zero-order chi connectivity index (χ0) is 17.2. The van der Waals surface area contributed by atoms with Crippen LogP contribution < -0.4 is 16.6 Å². The van der Waals surface area contributed by atoms with Crippen LogP contribution in [0.2, 0.25) is 0 Å². The Morgan fingerprint density at radius 3 is 2.84 bits per heavy atom. The first-order valence-electron chi connectivity index (χ1n) is 7.37. The van der Waals surface area contributed by atoms with E-state index in [9.17, 15) is 4.79 Å². The van der Waals surface area contributed by atoms with E-state index in [1.807, 2.05) is 24.3 Å². The van der Waals surface area contributed by atoms with Gasteiger partial charge in [0.2, 0.25) is 0 Å². The number of hydrogen-bond acceptors (Lipinski definition) is 7. The molecule has 0 aliphatic rings. The first-order chi connectivity index (χ1) is 12.2. The Morgan fingerprint density at radius 2 is 2.00 bits per heavy atom. The minimum absolute atomic E-state index is 0.168. The van der Waals surface area contributed by atoms with Gasteiger partial charge in [-0.1, -0.05) is 12.1 Å². The number of nitrogens with two attached hydrogens (primary N) is 1. The lowest BCUT2D eigenvalue weighted by molar-refractivity contribution is 0.0935. The van der Waals surface area contributed by atoms with E-state index in [2.05, 4.69) is 25.8 Å². The molecule has 3 heterocycles. The molecule has 4 rings (SSSR count). The molecule has 9 nitrogen and oxygen atoms in total. The number of benzene rings is 1. The molecule has 0 fully saturated rings. The number of aromatic nitrogens is 4. The summed E-state index contributed by atoms with van der Waals surface area (Å²) >= 11 is 0. The van der Waals surface area contributed by atoms with Crippen molar-refractivity contribution in [2.75, 3.05) is 11.2 Å². The molecular formula is C16H13N7O2. The molecule has 25 heavy (non-hydrogen) atoms. The van der Waals surface area contributed by atoms with Gasteiger partial charge in [0.1, 0.15) is 18.3 Å². The largest absolute Gasteiger partial charge is 0.459 e. The van der Waals surface area contributed by atoms with Crippen molar-refractivity contribution in [2.45, 2.75) is 0 Å². The number of para-hydroxylation sites is 2. The molecular weight excluding hydrogens is 322 g/mol. The highest BCUT2D eigenvalue weighted by Gasteiger charge is 2.14. The van der Waals surface area contributed by atoms with E-state index in [-0.39, 0.29) is 17.3 Å². The molecule has 0 saturated heterocycles. The fourth-order valence-corrected chi connectivity index (χ4v) is 2.39. The normalized spacial score (nSPS) is 10.7. The lowest BCUT2D eigenvalue weighted by Crippen LogP contribution is -2.30. The Kier molecular flexibility index (Phi) is 3.51. The number of carbonyl (C=O) groups excluding carboxylic acids is 1. The molecule has 1 aromatic carbocycles. The van der Waals surface area contributed by atoms with Gasteiger partial charge in [0.15, 0.2) is 17.4 Å². The summed E-state index contributed by atoms with van der Waals surface area (Å²) in [5, 5.41) is 0. The van der Waals surface area contributed by atoms with E-state index < -0.39 is 5.91 Å². The third kappa shape index (κ3) is 2.63. The molecule has 0 bridgehead atoms. The van der Waals surface area contributed by atoms with E-state index >= 15 is 0 Å². The second kappa shape index (κ2) is 5.96. The Morgan fingerprint density at radius 1 is 1.12 bits per heavy atom. The number of nitrogens with zero attached hydrogens (tertiary/aromatic N) is 4. The molecule has 0 radical (unpaired) electrons. The second-order valence-corrected chi connectivity index (χ2v) is 5.12. The lowest BCUT2D eigenvalue weighted by atomic mass is 10.3. The highest BCUT2D eigenvalue weighted by molar-refractivity contribution is 5.92. The predicted molar refractivity (Wildman–Crippen MR) is 90.9 cm³/mol. The SMILES string of the molecule is Nc1c(NNC(=O)c2ccco2)ncnc1-n1cnc2ccccc21. The number of fused-ring (bicyclic) bond motifs is 1. The van der Waals surface area contributed by atoms with Crippen molar-refractivity contribution < 1.29 is 9.21 Å².